The SMILES string of the molecule is O=C(O)c1cc(C2CCNC2)c(F)cc1F. The predicted molar refractivity (Wildman–Crippen MR) is 53.5 cm³/mol. The summed E-state index contributed by atoms with van der Waals surface area (Å²) in [6.45, 7) is 1.37. The lowest BCUT2D eigenvalue weighted by Crippen LogP contribution is -2.11. The first-order chi connectivity index (χ1) is 7.59. The number of carboxylic acid groups (broad SMARTS) is 1. The van der Waals surface area contributed by atoms with Crippen LogP contribution in [-0.2, 0) is 0 Å². The number of carbonyl (C=O) groups is 1. The van der Waals surface area contributed by atoms with Gasteiger partial charge in [-0.25, -0.2) is 13.6 Å². The number of carboxylic acids is 1. The molecular weight excluding hydrogens is 216 g/mol. The van der Waals surface area contributed by atoms with Gasteiger partial charge in [0.15, 0.2) is 0 Å². The second kappa shape index (κ2) is 4.17. The Hall–Kier alpha value is -1.49. The summed E-state index contributed by atoms with van der Waals surface area (Å²) >= 11 is 0. The van der Waals surface area contributed by atoms with Gasteiger partial charge < -0.3 is 10.4 Å². The number of hydrogen-bond acceptors (Lipinski definition) is 2. The number of hydrogen-bond donors (Lipinski definition) is 2. The molecule has 0 saturated carbocycles. The molecule has 1 atom stereocenters. The maximum Gasteiger partial charge on any atom is 0.338 e. The van der Waals surface area contributed by atoms with E-state index >= 15 is 0 Å². The zero-order valence-corrected chi connectivity index (χ0v) is 8.46. The Morgan fingerprint density at radius 3 is 2.69 bits per heavy atom. The third-order valence-electron chi connectivity index (χ3n) is 2.82. The minimum absolute atomic E-state index is 0.0706. The molecule has 2 rings (SSSR count). The molecule has 1 heterocycles. The quantitative estimate of drug-likeness (QED) is 0.809. The van der Waals surface area contributed by atoms with E-state index in [9.17, 15) is 13.6 Å². The summed E-state index contributed by atoms with van der Waals surface area (Å²) in [7, 11) is 0. The topological polar surface area (TPSA) is 49.3 Å². The van der Waals surface area contributed by atoms with Gasteiger partial charge in [0.1, 0.15) is 11.6 Å². The Morgan fingerprint density at radius 1 is 1.38 bits per heavy atom. The molecule has 0 aromatic heterocycles. The Labute approximate surface area is 91.1 Å². The van der Waals surface area contributed by atoms with Gasteiger partial charge in [0.25, 0.3) is 0 Å². The lowest BCUT2D eigenvalue weighted by Gasteiger charge is -2.11. The minimum atomic E-state index is -1.37. The van der Waals surface area contributed by atoms with E-state index in [4.69, 9.17) is 5.11 Å². The van der Waals surface area contributed by atoms with Crippen LogP contribution in [0.4, 0.5) is 8.78 Å². The van der Waals surface area contributed by atoms with Crippen molar-refractivity contribution in [1.29, 1.82) is 0 Å². The molecule has 2 N–H and O–H groups in total. The van der Waals surface area contributed by atoms with Gasteiger partial charge in [0.2, 0.25) is 0 Å². The largest absolute Gasteiger partial charge is 0.478 e. The van der Waals surface area contributed by atoms with Gasteiger partial charge in [-0.15, -0.1) is 0 Å². The van der Waals surface area contributed by atoms with Crippen molar-refractivity contribution >= 4 is 5.97 Å². The molecule has 1 aromatic carbocycles. The third kappa shape index (κ3) is 1.90. The van der Waals surface area contributed by atoms with Crippen LogP contribution in [0.3, 0.4) is 0 Å². The van der Waals surface area contributed by atoms with Crippen LogP contribution < -0.4 is 5.32 Å². The predicted octanol–water partition coefficient (Wildman–Crippen LogP) is 1.74. The van der Waals surface area contributed by atoms with Crippen molar-refractivity contribution in [3.8, 4) is 0 Å². The highest BCUT2D eigenvalue weighted by Gasteiger charge is 2.23. The van der Waals surface area contributed by atoms with Crippen LogP contribution in [0.15, 0.2) is 12.1 Å². The van der Waals surface area contributed by atoms with E-state index in [0.29, 0.717) is 12.6 Å². The normalized spacial score (nSPS) is 20.0. The van der Waals surface area contributed by atoms with Crippen molar-refractivity contribution < 1.29 is 18.7 Å². The molecule has 1 aromatic rings. The van der Waals surface area contributed by atoms with Crippen LogP contribution in [0.2, 0.25) is 0 Å². The summed E-state index contributed by atoms with van der Waals surface area (Å²) in [6, 6.07) is 1.75. The van der Waals surface area contributed by atoms with Crippen molar-refractivity contribution in [2.45, 2.75) is 12.3 Å². The molecule has 0 spiro atoms. The Bertz CT molecular complexity index is 428. The molecular formula is C11H11F2NO2. The van der Waals surface area contributed by atoms with Gasteiger partial charge in [-0.3, -0.25) is 0 Å². The molecule has 0 bridgehead atoms. The summed E-state index contributed by atoms with van der Waals surface area (Å²) in [5.41, 5.74) is -0.188. The fourth-order valence-electron chi connectivity index (χ4n) is 1.96. The van der Waals surface area contributed by atoms with Crippen molar-refractivity contribution in [2.75, 3.05) is 13.1 Å². The van der Waals surface area contributed by atoms with E-state index in [-0.39, 0.29) is 11.5 Å². The van der Waals surface area contributed by atoms with Gasteiger partial charge in [-0.1, -0.05) is 0 Å². The Balaban J connectivity index is 2.44. The van der Waals surface area contributed by atoms with E-state index in [1.807, 2.05) is 0 Å². The van der Waals surface area contributed by atoms with E-state index in [1.165, 1.54) is 0 Å². The van der Waals surface area contributed by atoms with Gasteiger partial charge >= 0.3 is 5.97 Å². The summed E-state index contributed by atoms with van der Waals surface area (Å²) in [5, 5.41) is 11.8. The molecule has 1 unspecified atom stereocenters. The number of benzene rings is 1. The average molecular weight is 227 g/mol. The second-order valence-electron chi connectivity index (χ2n) is 3.85. The molecule has 1 fully saturated rings. The summed E-state index contributed by atoms with van der Waals surface area (Å²) in [6.07, 6.45) is 0.738. The fourth-order valence-corrected chi connectivity index (χ4v) is 1.96. The molecule has 0 amide bonds. The molecule has 1 aliphatic rings. The van der Waals surface area contributed by atoms with Gasteiger partial charge in [0, 0.05) is 18.5 Å². The average Bonchev–Trinajstić information content (AvgIpc) is 2.70. The van der Waals surface area contributed by atoms with E-state index in [2.05, 4.69) is 5.32 Å². The maximum atomic E-state index is 13.5. The van der Waals surface area contributed by atoms with E-state index in [1.54, 1.807) is 0 Å². The van der Waals surface area contributed by atoms with Crippen molar-refractivity contribution in [3.63, 3.8) is 0 Å². The van der Waals surface area contributed by atoms with Crippen LogP contribution in [-0.4, -0.2) is 24.2 Å². The number of rotatable bonds is 2. The molecule has 1 saturated heterocycles. The lowest BCUT2D eigenvalue weighted by atomic mass is 9.96. The highest BCUT2D eigenvalue weighted by molar-refractivity contribution is 5.88. The molecule has 0 aliphatic carbocycles. The standard InChI is InChI=1S/C11H11F2NO2/c12-9-4-10(13)8(11(15)16)3-7(9)6-1-2-14-5-6/h3-4,6,14H,1-2,5H2,(H,15,16). The fraction of sp³-hybridized carbons (Fsp3) is 0.364. The molecule has 5 heteroatoms. The van der Waals surface area contributed by atoms with Crippen LogP contribution in [0.5, 0.6) is 0 Å². The zero-order chi connectivity index (χ0) is 11.7. The van der Waals surface area contributed by atoms with Gasteiger partial charge in [-0.2, -0.15) is 0 Å². The smallest absolute Gasteiger partial charge is 0.338 e. The lowest BCUT2D eigenvalue weighted by molar-refractivity contribution is 0.0691. The first-order valence-electron chi connectivity index (χ1n) is 5.02. The minimum Gasteiger partial charge on any atom is -0.478 e. The first kappa shape index (κ1) is 11.0. The number of aromatic carboxylic acids is 1. The van der Waals surface area contributed by atoms with Crippen molar-refractivity contribution in [2.24, 2.45) is 0 Å². The van der Waals surface area contributed by atoms with Crippen LogP contribution >= 0.6 is 0 Å². The second-order valence-corrected chi connectivity index (χ2v) is 3.85. The molecule has 0 radical (unpaired) electrons. The third-order valence-corrected chi connectivity index (χ3v) is 2.82. The molecule has 16 heavy (non-hydrogen) atoms. The number of nitrogens with one attached hydrogen (secondary N) is 1. The van der Waals surface area contributed by atoms with Crippen molar-refractivity contribution in [1.82, 2.24) is 5.32 Å². The summed E-state index contributed by atoms with van der Waals surface area (Å²) in [5.74, 6) is -3.14. The zero-order valence-electron chi connectivity index (χ0n) is 8.46. The molecule has 3 nitrogen and oxygen atoms in total. The summed E-state index contributed by atoms with van der Waals surface area (Å²) in [4.78, 5) is 10.7. The van der Waals surface area contributed by atoms with E-state index < -0.39 is 23.2 Å². The maximum absolute atomic E-state index is 13.5. The molecule has 86 valence electrons. The van der Waals surface area contributed by atoms with Gasteiger partial charge in [-0.05, 0) is 24.6 Å². The van der Waals surface area contributed by atoms with E-state index in [0.717, 1.165) is 19.0 Å². The summed E-state index contributed by atoms with van der Waals surface area (Å²) < 4.78 is 26.6. The van der Waals surface area contributed by atoms with Crippen LogP contribution in [0.1, 0.15) is 28.3 Å². The highest BCUT2D eigenvalue weighted by atomic mass is 19.1. The molecule has 1 aliphatic heterocycles. The first-order valence-corrected chi connectivity index (χ1v) is 5.02. The highest BCUT2D eigenvalue weighted by Crippen LogP contribution is 2.27. The Morgan fingerprint density at radius 2 is 2.12 bits per heavy atom. The van der Waals surface area contributed by atoms with Crippen molar-refractivity contribution in [3.05, 3.63) is 34.9 Å². The van der Waals surface area contributed by atoms with Crippen LogP contribution in [0.25, 0.3) is 0 Å². The van der Waals surface area contributed by atoms with Gasteiger partial charge in [0.05, 0.1) is 5.56 Å². The monoisotopic (exact) mass is 227 g/mol. The van der Waals surface area contributed by atoms with Crippen LogP contribution in [0, 0.1) is 11.6 Å². The number of halogens is 2. The Kier molecular flexibility index (Phi) is 2.87.